The molecule has 1 amide bonds. The van der Waals surface area contributed by atoms with Crippen molar-refractivity contribution in [2.45, 2.75) is 24.3 Å². The Morgan fingerprint density at radius 2 is 1.76 bits per heavy atom. The maximum absolute atomic E-state index is 12.5. The molecule has 2 rings (SSSR count). The number of rotatable bonds is 7. The molecular formula is C17H17N2O5S-. The molecule has 2 aromatic rings. The summed E-state index contributed by atoms with van der Waals surface area (Å²) in [5.41, 5.74) is 2.54. The lowest BCUT2D eigenvalue weighted by Gasteiger charge is -2.33. The lowest BCUT2D eigenvalue weighted by Crippen LogP contribution is -2.45. The van der Waals surface area contributed by atoms with E-state index in [1.54, 1.807) is 30.3 Å². The summed E-state index contributed by atoms with van der Waals surface area (Å²) in [6.45, 7) is 1.40. The molecule has 0 fully saturated rings. The molecule has 2 aromatic carbocycles. The molecule has 2 N–H and O–H groups in total. The number of hydroxylamine groups is 2. The molecule has 0 bridgehead atoms. The summed E-state index contributed by atoms with van der Waals surface area (Å²) < 4.78 is 12.6. The van der Waals surface area contributed by atoms with Gasteiger partial charge < -0.3 is 5.21 Å². The fraction of sp³-hybridized carbons (Fsp3) is 0.176. The average Bonchev–Trinajstić information content (AvgIpc) is 2.65. The van der Waals surface area contributed by atoms with E-state index in [1.807, 2.05) is 0 Å². The van der Waals surface area contributed by atoms with Crippen LogP contribution in [0.4, 0.5) is 0 Å². The zero-order valence-corrected chi connectivity index (χ0v) is 14.2. The molecular weight excluding hydrogens is 344 g/mol. The Hall–Kier alpha value is -2.39. The first-order valence-electron chi connectivity index (χ1n) is 7.41. The van der Waals surface area contributed by atoms with E-state index in [0.29, 0.717) is 11.1 Å². The maximum Gasteiger partial charge on any atom is 0.260 e. The van der Waals surface area contributed by atoms with Crippen LogP contribution in [0.2, 0.25) is 0 Å². The van der Waals surface area contributed by atoms with Crippen LogP contribution in [0.3, 0.4) is 0 Å². The number of Topliss-reactive ketones (excluding diaryl/α,β-unsaturated/α-hetero) is 1. The molecule has 7 nitrogen and oxygen atoms in total. The summed E-state index contributed by atoms with van der Waals surface area (Å²) in [6.07, 6.45) is -0.0198. The molecule has 0 aromatic heterocycles. The van der Waals surface area contributed by atoms with Crippen LogP contribution in [0.25, 0.3) is 0 Å². The van der Waals surface area contributed by atoms with Crippen molar-refractivity contribution in [2.75, 3.05) is 0 Å². The van der Waals surface area contributed by atoms with E-state index in [1.165, 1.54) is 36.7 Å². The Morgan fingerprint density at radius 3 is 2.28 bits per heavy atom. The van der Waals surface area contributed by atoms with Crippen molar-refractivity contribution in [3.63, 3.8) is 0 Å². The van der Waals surface area contributed by atoms with E-state index in [2.05, 4.69) is 0 Å². The number of ketones is 1. The van der Waals surface area contributed by atoms with Gasteiger partial charge in [0.15, 0.2) is 5.78 Å². The highest BCUT2D eigenvalue weighted by Gasteiger charge is 2.24. The number of carbonyl (C=O) groups is 2. The van der Waals surface area contributed by atoms with Crippen molar-refractivity contribution in [1.82, 2.24) is 9.95 Å². The van der Waals surface area contributed by atoms with Gasteiger partial charge in [-0.3, -0.25) is 19.3 Å². The predicted octanol–water partition coefficient (Wildman–Crippen LogP) is 1.83. The summed E-state index contributed by atoms with van der Waals surface area (Å²) in [6, 6.07) is 13.1. The molecule has 25 heavy (non-hydrogen) atoms. The van der Waals surface area contributed by atoms with Crippen molar-refractivity contribution in [1.29, 1.82) is 0 Å². The monoisotopic (exact) mass is 361 g/mol. The van der Waals surface area contributed by atoms with Crippen molar-refractivity contribution in [3.05, 3.63) is 70.9 Å². The van der Waals surface area contributed by atoms with Gasteiger partial charge in [0, 0.05) is 5.56 Å². The molecule has 8 heteroatoms. The number of nitrogens with zero attached hydrogens (tertiary/aromatic N) is 1. The maximum atomic E-state index is 12.5. The number of nitrogens with one attached hydrogen (secondary N) is 1. The fourth-order valence-corrected chi connectivity index (χ4v) is 3.18. The first kappa shape index (κ1) is 18.9. The number of carbonyl (C=O) groups excluding carboxylic acids is 2. The van der Waals surface area contributed by atoms with Crippen LogP contribution < -0.4 is 5.48 Å². The van der Waals surface area contributed by atoms with E-state index in [9.17, 15) is 19.0 Å². The van der Waals surface area contributed by atoms with Crippen LogP contribution in [-0.4, -0.2) is 31.6 Å². The number of hydrogen-bond acceptors (Lipinski definition) is 5. The Balaban J connectivity index is 2.22. The zero-order chi connectivity index (χ0) is 18.4. The van der Waals surface area contributed by atoms with Crippen LogP contribution in [0, 0.1) is 5.21 Å². The molecule has 1 unspecified atom stereocenters. The van der Waals surface area contributed by atoms with Gasteiger partial charge in [0.2, 0.25) is 0 Å². The summed E-state index contributed by atoms with van der Waals surface area (Å²) in [5, 5.41) is 21.3. The number of benzene rings is 2. The molecule has 0 spiro atoms. The lowest BCUT2D eigenvalue weighted by molar-refractivity contribution is -0.132. The van der Waals surface area contributed by atoms with Gasteiger partial charge in [-0.1, -0.05) is 42.5 Å². The summed E-state index contributed by atoms with van der Waals surface area (Å²) in [7, 11) is -2.18. The third-order valence-electron chi connectivity index (χ3n) is 3.57. The predicted molar refractivity (Wildman–Crippen MR) is 91.9 cm³/mol. The molecule has 0 aliphatic heterocycles. The van der Waals surface area contributed by atoms with E-state index >= 15 is 0 Å². The highest BCUT2D eigenvalue weighted by molar-refractivity contribution is 7.82. The van der Waals surface area contributed by atoms with Gasteiger partial charge in [0.05, 0.1) is 10.9 Å². The van der Waals surface area contributed by atoms with Gasteiger partial charge >= 0.3 is 0 Å². The van der Waals surface area contributed by atoms with Crippen molar-refractivity contribution in [3.8, 4) is 0 Å². The van der Waals surface area contributed by atoms with Crippen molar-refractivity contribution >= 4 is 22.7 Å². The minimum absolute atomic E-state index is 0.0198. The third-order valence-corrected chi connectivity index (χ3v) is 4.82. The van der Waals surface area contributed by atoms with Crippen molar-refractivity contribution < 1.29 is 19.0 Å². The SMILES string of the molecule is CC(=O)c1ccc(S(=O)N([O-])[C@H](Cc2ccccc2)C(=O)NO)cc1. The van der Waals surface area contributed by atoms with E-state index in [4.69, 9.17) is 5.21 Å². The normalized spacial score (nSPS) is 13.3. The van der Waals surface area contributed by atoms with Crippen LogP contribution in [0.15, 0.2) is 59.5 Å². The smallest absolute Gasteiger partial charge is 0.260 e. The van der Waals surface area contributed by atoms with Crippen LogP contribution >= 0.6 is 0 Å². The average molecular weight is 361 g/mol. The number of hydrogen-bond donors (Lipinski definition) is 2. The second kappa shape index (κ2) is 8.63. The van der Waals surface area contributed by atoms with Gasteiger partial charge in [-0.15, -0.1) is 0 Å². The molecule has 0 aliphatic rings. The number of amides is 1. The van der Waals surface area contributed by atoms with Gasteiger partial charge in [0.1, 0.15) is 11.0 Å². The summed E-state index contributed by atoms with van der Waals surface area (Å²) >= 11 is 0. The molecule has 0 heterocycles. The molecule has 0 saturated heterocycles. The van der Waals surface area contributed by atoms with E-state index < -0.39 is 22.9 Å². The quantitative estimate of drug-likeness (QED) is 0.444. The summed E-state index contributed by atoms with van der Waals surface area (Å²) in [5.74, 6) is -1.11. The molecule has 132 valence electrons. The second-order valence-electron chi connectivity index (χ2n) is 5.30. The Labute approximate surface area is 147 Å². The highest BCUT2D eigenvalue weighted by Crippen LogP contribution is 2.17. The Bertz CT molecular complexity index is 764. The van der Waals surface area contributed by atoms with Gasteiger partial charge in [0.25, 0.3) is 5.91 Å². The molecule has 2 atom stereocenters. The topological polar surface area (TPSA) is 110 Å². The Morgan fingerprint density at radius 1 is 1.16 bits per heavy atom. The fourth-order valence-electron chi connectivity index (χ4n) is 2.20. The van der Waals surface area contributed by atoms with Crippen LogP contribution in [-0.2, 0) is 22.2 Å². The molecule has 0 saturated carbocycles. The van der Waals surface area contributed by atoms with Crippen LogP contribution in [0.5, 0.6) is 0 Å². The standard InChI is InChI=1S/C17H17N2O5S/c1-12(20)14-7-9-15(10-8-14)25(24)19(23)16(17(21)18-22)11-13-5-3-2-4-6-13/h2-10,16,22H,11H2,1H3,(H,18,21)/q-1/t16-,25?/m1/s1. The third kappa shape index (κ3) is 4.80. The zero-order valence-electron chi connectivity index (χ0n) is 13.4. The van der Waals surface area contributed by atoms with E-state index in [0.717, 1.165) is 0 Å². The minimum Gasteiger partial charge on any atom is -0.773 e. The lowest BCUT2D eigenvalue weighted by atomic mass is 10.1. The van der Waals surface area contributed by atoms with Crippen molar-refractivity contribution in [2.24, 2.45) is 0 Å². The van der Waals surface area contributed by atoms with Crippen LogP contribution in [0.1, 0.15) is 22.8 Å². The van der Waals surface area contributed by atoms with Gasteiger partial charge in [-0.05, 0) is 31.0 Å². The van der Waals surface area contributed by atoms with Gasteiger partial charge in [-0.2, -0.15) is 0 Å². The van der Waals surface area contributed by atoms with Gasteiger partial charge in [-0.25, -0.2) is 9.69 Å². The summed E-state index contributed by atoms with van der Waals surface area (Å²) in [4.78, 5) is 23.3. The molecule has 0 radical (unpaired) electrons. The first-order chi connectivity index (χ1) is 11.9. The minimum atomic E-state index is -2.18. The second-order valence-corrected chi connectivity index (χ2v) is 6.63. The highest BCUT2D eigenvalue weighted by atomic mass is 32.2. The van der Waals surface area contributed by atoms with E-state index in [-0.39, 0.29) is 21.6 Å². The molecule has 0 aliphatic carbocycles. The Kier molecular flexibility index (Phi) is 6.54. The largest absolute Gasteiger partial charge is 0.773 e. The first-order valence-corrected chi connectivity index (χ1v) is 8.52.